The number of nitrogens with zero attached hydrogens (tertiary/aromatic N) is 3. The Hall–Kier alpha value is -4.86. The van der Waals surface area contributed by atoms with Crippen LogP contribution in [0.2, 0.25) is 0 Å². The van der Waals surface area contributed by atoms with Crippen molar-refractivity contribution in [2.75, 3.05) is 38.3 Å². The maximum atomic E-state index is 14.2. The van der Waals surface area contributed by atoms with Crippen molar-refractivity contribution < 1.29 is 38.0 Å². The molecule has 1 heterocycles. The number of amides is 1. The summed E-state index contributed by atoms with van der Waals surface area (Å²) < 4.78 is 38.1. The van der Waals surface area contributed by atoms with Crippen molar-refractivity contribution in [3.05, 3.63) is 83.2 Å². The minimum atomic E-state index is -1.30. The van der Waals surface area contributed by atoms with Crippen LogP contribution in [0.15, 0.2) is 60.7 Å². The highest BCUT2D eigenvalue weighted by molar-refractivity contribution is 5.95. The summed E-state index contributed by atoms with van der Waals surface area (Å²) in [5.74, 6) is -0.830. The zero-order valence-electron chi connectivity index (χ0n) is 32.1. The number of morpholine rings is 1. The lowest BCUT2D eigenvalue weighted by Crippen LogP contribution is -2.74. The summed E-state index contributed by atoms with van der Waals surface area (Å²) >= 11 is 0. The molecule has 1 aliphatic heterocycles. The van der Waals surface area contributed by atoms with E-state index >= 15 is 0 Å². The Morgan fingerprint density at radius 3 is 2.31 bits per heavy atom. The SMILES string of the molecule is COc1cc(OC2C(C)(C)C(NC(=O)c3ccc(N4CCOC(CN(C(C)C)C5CC(Oc6ccc(C(=O)O)c(F)c6)C5)C4)cc3)C2(C)C)ccc1C#N. The molecule has 288 valence electrons. The monoisotopic (exact) mass is 742 g/mol. The molecule has 1 saturated heterocycles. The Bertz CT molecular complexity index is 1870. The number of nitriles is 1. The first kappa shape index (κ1) is 38.9. The molecular weight excluding hydrogens is 691 g/mol. The second-order valence-corrected chi connectivity index (χ2v) is 16.1. The number of carboxylic acids is 1. The van der Waals surface area contributed by atoms with Crippen LogP contribution in [0.5, 0.6) is 17.2 Å². The van der Waals surface area contributed by atoms with Crippen molar-refractivity contribution in [3.63, 3.8) is 0 Å². The number of carbonyl (C=O) groups is 2. The Kier molecular flexibility index (Phi) is 11.1. The highest BCUT2D eigenvalue weighted by Gasteiger charge is 2.64. The van der Waals surface area contributed by atoms with Gasteiger partial charge in [0.15, 0.2) is 0 Å². The van der Waals surface area contributed by atoms with E-state index in [-0.39, 0.29) is 52.7 Å². The van der Waals surface area contributed by atoms with Gasteiger partial charge in [0.2, 0.25) is 0 Å². The van der Waals surface area contributed by atoms with E-state index in [9.17, 15) is 19.2 Å². The standard InChI is InChI=1S/C42H51FN4O7/c1-25(2)47(29-18-32(19-29)53-30-14-15-34(38(49)50)35(43)20-30)24-33-23-46(16-17-52-33)28-11-8-26(9-12-28)37(48)45-39-41(3,4)40(42(39,5)6)54-31-13-10-27(22-44)36(21-31)51-7/h8-15,20-21,25,29,32-33,39-40H,16-19,23-24H2,1-7H3,(H,45,48)(H,49,50). The first-order valence-corrected chi connectivity index (χ1v) is 18.6. The fourth-order valence-electron chi connectivity index (χ4n) is 8.73. The summed E-state index contributed by atoms with van der Waals surface area (Å²) in [6, 6.07) is 19.4. The zero-order valence-corrected chi connectivity index (χ0v) is 32.1. The maximum Gasteiger partial charge on any atom is 0.338 e. The number of ether oxygens (including phenoxy) is 4. The van der Waals surface area contributed by atoms with Crippen LogP contribution >= 0.6 is 0 Å². The van der Waals surface area contributed by atoms with Crippen LogP contribution in [0.3, 0.4) is 0 Å². The molecule has 3 aromatic rings. The van der Waals surface area contributed by atoms with Crippen molar-refractivity contribution in [2.45, 2.75) is 90.8 Å². The predicted octanol–water partition coefficient (Wildman–Crippen LogP) is 6.54. The van der Waals surface area contributed by atoms with Gasteiger partial charge >= 0.3 is 5.97 Å². The van der Waals surface area contributed by atoms with Gasteiger partial charge in [0.25, 0.3) is 5.91 Å². The lowest BCUT2D eigenvalue weighted by atomic mass is 9.49. The number of aromatic carboxylic acids is 1. The molecule has 2 saturated carbocycles. The van der Waals surface area contributed by atoms with Crippen LogP contribution in [0.1, 0.15) is 80.7 Å². The molecule has 3 fully saturated rings. The molecule has 11 nitrogen and oxygen atoms in total. The molecule has 0 bridgehead atoms. The number of anilines is 1. The normalized spacial score (nSPS) is 24.2. The molecule has 54 heavy (non-hydrogen) atoms. The third-order valence-electron chi connectivity index (χ3n) is 11.4. The highest BCUT2D eigenvalue weighted by Crippen LogP contribution is 2.55. The Morgan fingerprint density at radius 2 is 1.70 bits per heavy atom. The number of halogens is 1. The molecule has 0 aromatic heterocycles. The summed E-state index contributed by atoms with van der Waals surface area (Å²) in [4.78, 5) is 29.4. The summed E-state index contributed by atoms with van der Waals surface area (Å²) in [7, 11) is 1.53. The van der Waals surface area contributed by atoms with E-state index in [1.54, 1.807) is 18.2 Å². The molecular formula is C42H51FN4O7. The van der Waals surface area contributed by atoms with E-state index in [0.717, 1.165) is 37.7 Å². The molecule has 1 unspecified atom stereocenters. The first-order chi connectivity index (χ1) is 25.6. The van der Waals surface area contributed by atoms with Gasteiger partial charge < -0.3 is 34.3 Å². The van der Waals surface area contributed by atoms with E-state index in [1.165, 1.54) is 19.2 Å². The molecule has 2 N–H and O–H groups in total. The van der Waals surface area contributed by atoms with Crippen LogP contribution in [0, 0.1) is 28.0 Å². The first-order valence-electron chi connectivity index (χ1n) is 18.6. The largest absolute Gasteiger partial charge is 0.495 e. The van der Waals surface area contributed by atoms with Crippen LogP contribution in [-0.2, 0) is 4.74 Å². The Morgan fingerprint density at radius 1 is 1.04 bits per heavy atom. The minimum Gasteiger partial charge on any atom is -0.495 e. The maximum absolute atomic E-state index is 14.2. The molecule has 1 atom stereocenters. The van der Waals surface area contributed by atoms with Crippen molar-refractivity contribution in [1.29, 1.82) is 5.26 Å². The molecule has 0 radical (unpaired) electrons. The molecule has 3 aliphatic rings. The fraction of sp³-hybridized carbons (Fsp3) is 0.500. The molecule has 0 spiro atoms. The second-order valence-electron chi connectivity index (χ2n) is 16.1. The number of rotatable bonds is 13. The van der Waals surface area contributed by atoms with Crippen LogP contribution in [-0.4, -0.2) is 91.7 Å². The quantitative estimate of drug-likeness (QED) is 0.199. The van der Waals surface area contributed by atoms with Gasteiger partial charge in [-0.15, -0.1) is 0 Å². The number of carbonyl (C=O) groups excluding carboxylic acids is 1. The smallest absolute Gasteiger partial charge is 0.338 e. The fourth-order valence-corrected chi connectivity index (χ4v) is 8.73. The summed E-state index contributed by atoms with van der Waals surface area (Å²) in [6.07, 6.45) is 1.31. The van der Waals surface area contributed by atoms with Crippen LogP contribution in [0.25, 0.3) is 0 Å². The zero-order chi connectivity index (χ0) is 38.9. The number of nitrogens with one attached hydrogen (secondary N) is 1. The van der Waals surface area contributed by atoms with Crippen molar-refractivity contribution in [3.8, 4) is 23.3 Å². The Labute approximate surface area is 316 Å². The van der Waals surface area contributed by atoms with Gasteiger partial charge in [0.05, 0.1) is 30.9 Å². The molecule has 6 rings (SSSR count). The van der Waals surface area contributed by atoms with Crippen molar-refractivity contribution in [1.82, 2.24) is 10.2 Å². The number of methoxy groups -OCH3 is 1. The molecule has 3 aromatic carbocycles. The number of hydrogen-bond acceptors (Lipinski definition) is 9. The van der Waals surface area contributed by atoms with Gasteiger partial charge in [-0.05, 0) is 62.4 Å². The number of benzene rings is 3. The lowest BCUT2D eigenvalue weighted by molar-refractivity contribution is -0.164. The van der Waals surface area contributed by atoms with E-state index in [4.69, 9.17) is 24.1 Å². The number of hydrogen-bond donors (Lipinski definition) is 2. The summed E-state index contributed by atoms with van der Waals surface area (Å²) in [6.45, 7) is 15.5. The summed E-state index contributed by atoms with van der Waals surface area (Å²) in [5, 5.41) is 21.7. The minimum absolute atomic E-state index is 0.00892. The number of carboxylic acid groups (broad SMARTS) is 1. The molecule has 2 aliphatic carbocycles. The Balaban J connectivity index is 1.01. The average molecular weight is 743 g/mol. The van der Waals surface area contributed by atoms with Crippen LogP contribution < -0.4 is 24.4 Å². The third kappa shape index (κ3) is 7.84. The van der Waals surface area contributed by atoms with E-state index < -0.39 is 11.8 Å². The topological polar surface area (TPSA) is 134 Å². The third-order valence-corrected chi connectivity index (χ3v) is 11.4. The van der Waals surface area contributed by atoms with Crippen molar-refractivity contribution >= 4 is 17.6 Å². The predicted molar refractivity (Wildman–Crippen MR) is 202 cm³/mol. The lowest BCUT2D eigenvalue weighted by Gasteiger charge is -2.63. The van der Waals surface area contributed by atoms with Gasteiger partial charge in [0, 0.05) is 84.8 Å². The van der Waals surface area contributed by atoms with E-state index in [0.29, 0.717) is 47.6 Å². The highest BCUT2D eigenvalue weighted by atomic mass is 19.1. The van der Waals surface area contributed by atoms with Gasteiger partial charge in [-0.25, -0.2) is 9.18 Å². The van der Waals surface area contributed by atoms with Gasteiger partial charge in [-0.1, -0.05) is 27.7 Å². The van der Waals surface area contributed by atoms with Gasteiger partial charge in [-0.2, -0.15) is 5.26 Å². The second kappa shape index (κ2) is 15.5. The van der Waals surface area contributed by atoms with Crippen LogP contribution in [0.4, 0.5) is 10.1 Å². The van der Waals surface area contributed by atoms with Gasteiger partial charge in [-0.3, -0.25) is 9.69 Å². The van der Waals surface area contributed by atoms with E-state index in [1.807, 2.05) is 24.3 Å². The van der Waals surface area contributed by atoms with Crippen molar-refractivity contribution in [2.24, 2.45) is 10.8 Å². The van der Waals surface area contributed by atoms with E-state index in [2.05, 4.69) is 62.7 Å². The average Bonchev–Trinajstić information content (AvgIpc) is 3.12. The molecule has 1 amide bonds. The molecule has 12 heteroatoms. The van der Waals surface area contributed by atoms with Gasteiger partial charge in [0.1, 0.15) is 41.3 Å². The summed E-state index contributed by atoms with van der Waals surface area (Å²) in [5.41, 5.74) is 0.960.